The molecule has 2 heterocycles. The van der Waals surface area contributed by atoms with Gasteiger partial charge >= 0.3 is 0 Å². The van der Waals surface area contributed by atoms with Crippen molar-refractivity contribution in [3.8, 4) is 11.4 Å². The number of pyridine rings is 1. The molecule has 6 nitrogen and oxygen atoms in total. The Morgan fingerprint density at radius 3 is 2.30 bits per heavy atom. The lowest BCUT2D eigenvalue weighted by Gasteiger charge is -2.15. The predicted octanol–water partition coefficient (Wildman–Crippen LogP) is 4.17. The zero-order valence-corrected chi connectivity index (χ0v) is 17.2. The SMILES string of the molecule is CCC(=O)N(C)c1cnc(-c2ccc(C(=O)CCc3ccc(F)nc3C)cc2)nc1. The molecule has 154 valence electrons. The summed E-state index contributed by atoms with van der Waals surface area (Å²) >= 11 is 0. The molecule has 0 saturated carbocycles. The monoisotopic (exact) mass is 406 g/mol. The van der Waals surface area contributed by atoms with E-state index in [-0.39, 0.29) is 11.7 Å². The number of benzene rings is 1. The van der Waals surface area contributed by atoms with Crippen LogP contribution in [0.25, 0.3) is 11.4 Å². The third kappa shape index (κ3) is 4.92. The average molecular weight is 406 g/mol. The standard InChI is InChI=1S/C23H23FN4O2/c1-4-22(30)28(3)19-13-25-23(26-14-19)18-7-5-17(6-8-18)20(29)11-9-16-10-12-21(24)27-15(16)2/h5-8,10,12-14H,4,9,11H2,1-3H3. The molecule has 0 bridgehead atoms. The first-order valence-corrected chi connectivity index (χ1v) is 9.73. The highest BCUT2D eigenvalue weighted by Crippen LogP contribution is 2.19. The van der Waals surface area contributed by atoms with Crippen molar-refractivity contribution in [2.45, 2.75) is 33.1 Å². The van der Waals surface area contributed by atoms with Crippen LogP contribution in [0, 0.1) is 12.9 Å². The fourth-order valence-electron chi connectivity index (χ4n) is 3.05. The van der Waals surface area contributed by atoms with Crippen molar-refractivity contribution in [1.29, 1.82) is 0 Å². The Hall–Kier alpha value is -3.48. The van der Waals surface area contributed by atoms with Crippen LogP contribution >= 0.6 is 0 Å². The summed E-state index contributed by atoms with van der Waals surface area (Å²) in [5.74, 6) is -0.0118. The zero-order chi connectivity index (χ0) is 21.7. The Morgan fingerprint density at radius 2 is 1.70 bits per heavy atom. The van der Waals surface area contributed by atoms with Gasteiger partial charge in [0.15, 0.2) is 11.6 Å². The third-order valence-corrected chi connectivity index (χ3v) is 4.95. The number of carbonyl (C=O) groups excluding carboxylic acids is 2. The summed E-state index contributed by atoms with van der Waals surface area (Å²) in [6.45, 7) is 3.54. The van der Waals surface area contributed by atoms with Gasteiger partial charge in [-0.05, 0) is 25.0 Å². The number of halogens is 1. The molecule has 0 radical (unpaired) electrons. The van der Waals surface area contributed by atoms with Crippen LogP contribution in [-0.4, -0.2) is 33.7 Å². The van der Waals surface area contributed by atoms with Crippen molar-refractivity contribution in [3.05, 3.63) is 71.6 Å². The van der Waals surface area contributed by atoms with Crippen LogP contribution < -0.4 is 4.90 Å². The summed E-state index contributed by atoms with van der Waals surface area (Å²) in [5.41, 5.74) is 3.46. The molecule has 3 rings (SSSR count). The van der Waals surface area contributed by atoms with Gasteiger partial charge in [0.2, 0.25) is 11.9 Å². The minimum atomic E-state index is -0.517. The van der Waals surface area contributed by atoms with Crippen molar-refractivity contribution in [2.24, 2.45) is 0 Å². The summed E-state index contributed by atoms with van der Waals surface area (Å²) in [5, 5.41) is 0. The molecule has 0 N–H and O–H groups in total. The molecule has 0 atom stereocenters. The molecule has 2 aromatic heterocycles. The Kier molecular flexibility index (Phi) is 6.61. The van der Waals surface area contributed by atoms with Crippen LogP contribution in [0.1, 0.15) is 41.4 Å². The first kappa shape index (κ1) is 21.2. The Labute approximate surface area is 174 Å². The van der Waals surface area contributed by atoms with E-state index in [4.69, 9.17) is 0 Å². The number of aryl methyl sites for hydroxylation is 2. The summed E-state index contributed by atoms with van der Waals surface area (Å²) in [7, 11) is 1.69. The Bertz CT molecular complexity index is 1050. The number of aromatic nitrogens is 3. The number of hydrogen-bond acceptors (Lipinski definition) is 5. The van der Waals surface area contributed by atoms with Gasteiger partial charge in [0.1, 0.15) is 0 Å². The number of amides is 1. The van der Waals surface area contributed by atoms with Crippen LogP contribution in [0.2, 0.25) is 0 Å². The minimum absolute atomic E-state index is 0.00115. The Morgan fingerprint density at radius 1 is 1.03 bits per heavy atom. The number of Topliss-reactive ketones (excluding diaryl/α,β-unsaturated/α-hetero) is 1. The molecule has 0 aliphatic rings. The van der Waals surface area contributed by atoms with Crippen LogP contribution in [0.15, 0.2) is 48.8 Å². The summed E-state index contributed by atoms with van der Waals surface area (Å²) in [4.78, 5) is 38.2. The fraction of sp³-hybridized carbons (Fsp3) is 0.261. The number of nitrogens with zero attached hydrogens (tertiary/aromatic N) is 4. The molecule has 0 fully saturated rings. The van der Waals surface area contributed by atoms with E-state index in [2.05, 4.69) is 15.0 Å². The van der Waals surface area contributed by atoms with Crippen LogP contribution in [0.3, 0.4) is 0 Å². The quantitative estimate of drug-likeness (QED) is 0.435. The van der Waals surface area contributed by atoms with Gasteiger partial charge in [0.25, 0.3) is 0 Å². The van der Waals surface area contributed by atoms with E-state index in [0.29, 0.717) is 42.0 Å². The molecule has 0 spiro atoms. The summed E-state index contributed by atoms with van der Waals surface area (Å²) in [6.07, 6.45) is 4.44. The number of hydrogen-bond donors (Lipinski definition) is 0. The maximum Gasteiger partial charge on any atom is 0.226 e. The predicted molar refractivity (Wildman–Crippen MR) is 113 cm³/mol. The molecule has 3 aromatic rings. The second kappa shape index (κ2) is 9.35. The number of ketones is 1. The molecule has 30 heavy (non-hydrogen) atoms. The molecule has 1 amide bonds. The second-order valence-electron chi connectivity index (χ2n) is 6.95. The van der Waals surface area contributed by atoms with Crippen LogP contribution in [-0.2, 0) is 11.2 Å². The van der Waals surface area contributed by atoms with Crippen LogP contribution in [0.4, 0.5) is 10.1 Å². The Balaban J connectivity index is 1.65. The highest BCUT2D eigenvalue weighted by molar-refractivity contribution is 5.96. The van der Waals surface area contributed by atoms with Crippen molar-refractivity contribution < 1.29 is 14.0 Å². The molecule has 0 saturated heterocycles. The van der Waals surface area contributed by atoms with Crippen molar-refractivity contribution in [3.63, 3.8) is 0 Å². The molecule has 7 heteroatoms. The number of rotatable bonds is 7. The van der Waals surface area contributed by atoms with E-state index >= 15 is 0 Å². The lowest BCUT2D eigenvalue weighted by molar-refractivity contribution is -0.118. The first-order valence-electron chi connectivity index (χ1n) is 9.73. The van der Waals surface area contributed by atoms with E-state index < -0.39 is 5.95 Å². The van der Waals surface area contributed by atoms with Gasteiger partial charge < -0.3 is 4.90 Å². The van der Waals surface area contributed by atoms with E-state index in [0.717, 1.165) is 11.1 Å². The highest BCUT2D eigenvalue weighted by atomic mass is 19.1. The van der Waals surface area contributed by atoms with Crippen molar-refractivity contribution >= 4 is 17.4 Å². The lowest BCUT2D eigenvalue weighted by atomic mass is 10.0. The third-order valence-electron chi connectivity index (χ3n) is 4.95. The van der Waals surface area contributed by atoms with Gasteiger partial charge in [0.05, 0.1) is 18.1 Å². The largest absolute Gasteiger partial charge is 0.313 e. The molecule has 0 unspecified atom stereocenters. The van der Waals surface area contributed by atoms with Crippen molar-refractivity contribution in [1.82, 2.24) is 15.0 Å². The van der Waals surface area contributed by atoms with E-state index in [1.165, 1.54) is 11.0 Å². The number of anilines is 1. The average Bonchev–Trinajstić information content (AvgIpc) is 2.77. The van der Waals surface area contributed by atoms with Gasteiger partial charge in [-0.1, -0.05) is 37.3 Å². The first-order chi connectivity index (χ1) is 14.4. The second-order valence-corrected chi connectivity index (χ2v) is 6.95. The van der Waals surface area contributed by atoms with E-state index in [1.807, 2.05) is 0 Å². The molecule has 0 aliphatic heterocycles. The van der Waals surface area contributed by atoms with Crippen molar-refractivity contribution in [2.75, 3.05) is 11.9 Å². The van der Waals surface area contributed by atoms with E-state index in [1.54, 1.807) is 63.6 Å². The summed E-state index contributed by atoms with van der Waals surface area (Å²) in [6, 6.07) is 10.1. The molecular weight excluding hydrogens is 383 g/mol. The van der Waals surface area contributed by atoms with Crippen LogP contribution in [0.5, 0.6) is 0 Å². The van der Waals surface area contributed by atoms with Gasteiger partial charge in [-0.25, -0.2) is 15.0 Å². The topological polar surface area (TPSA) is 76.1 Å². The zero-order valence-electron chi connectivity index (χ0n) is 17.2. The normalized spacial score (nSPS) is 10.7. The minimum Gasteiger partial charge on any atom is -0.313 e. The smallest absolute Gasteiger partial charge is 0.226 e. The van der Waals surface area contributed by atoms with Gasteiger partial charge in [-0.15, -0.1) is 0 Å². The fourth-order valence-corrected chi connectivity index (χ4v) is 3.05. The van der Waals surface area contributed by atoms with Gasteiger partial charge in [0, 0.05) is 36.7 Å². The molecule has 0 aliphatic carbocycles. The maximum atomic E-state index is 13.1. The van der Waals surface area contributed by atoms with E-state index in [9.17, 15) is 14.0 Å². The lowest BCUT2D eigenvalue weighted by Crippen LogP contribution is -2.25. The maximum absolute atomic E-state index is 13.1. The molecule has 1 aromatic carbocycles. The van der Waals surface area contributed by atoms with Gasteiger partial charge in [-0.3, -0.25) is 9.59 Å². The molecular formula is C23H23FN4O2. The van der Waals surface area contributed by atoms with Gasteiger partial charge in [-0.2, -0.15) is 4.39 Å². The highest BCUT2D eigenvalue weighted by Gasteiger charge is 2.12. The number of carbonyl (C=O) groups is 2. The summed E-state index contributed by atoms with van der Waals surface area (Å²) < 4.78 is 13.1.